The number of rotatable bonds is 3. The van der Waals surface area contributed by atoms with E-state index in [1.807, 2.05) is 30.3 Å². The van der Waals surface area contributed by atoms with Crippen LogP contribution in [-0.2, 0) is 0 Å². The van der Waals surface area contributed by atoms with Crippen molar-refractivity contribution in [2.24, 2.45) is 0 Å². The summed E-state index contributed by atoms with van der Waals surface area (Å²) in [5.74, 6) is 0. The SMILES string of the molecule is O=c1cnnc(Sc2c(-c3ccccc3)c3cc(Cl)ccc3[nH]c2=O)[nH]1. The lowest BCUT2D eigenvalue weighted by Crippen LogP contribution is -2.13. The standard InChI is InChI=1S/C18H11ClN4O2S/c19-11-6-7-13-12(8-11)15(10-4-2-1-3-5-10)16(17(25)21-13)26-18-22-14(24)9-20-23-18/h1-9H,(H,21,25)(H,22,23,24). The van der Waals surface area contributed by atoms with Gasteiger partial charge in [-0.15, -0.1) is 5.10 Å². The largest absolute Gasteiger partial charge is 0.321 e. The highest BCUT2D eigenvalue weighted by atomic mass is 35.5. The molecule has 8 heteroatoms. The first-order chi connectivity index (χ1) is 12.6. The number of fused-ring (bicyclic) bond motifs is 1. The number of H-pyrrole nitrogens is 2. The van der Waals surface area contributed by atoms with Gasteiger partial charge in [0.15, 0.2) is 5.16 Å². The summed E-state index contributed by atoms with van der Waals surface area (Å²) in [6.45, 7) is 0. The van der Waals surface area contributed by atoms with Crippen molar-refractivity contribution in [1.29, 1.82) is 0 Å². The van der Waals surface area contributed by atoms with Crippen molar-refractivity contribution in [1.82, 2.24) is 20.2 Å². The summed E-state index contributed by atoms with van der Waals surface area (Å²) >= 11 is 7.24. The summed E-state index contributed by atoms with van der Waals surface area (Å²) < 4.78 is 0. The lowest BCUT2D eigenvalue weighted by Gasteiger charge is -2.12. The molecule has 2 heterocycles. The van der Waals surface area contributed by atoms with Crippen LogP contribution in [0.5, 0.6) is 0 Å². The van der Waals surface area contributed by atoms with Crippen molar-refractivity contribution in [2.75, 3.05) is 0 Å². The molecule has 0 fully saturated rings. The molecule has 0 aliphatic heterocycles. The summed E-state index contributed by atoms with van der Waals surface area (Å²) in [4.78, 5) is 30.1. The molecule has 4 aromatic rings. The van der Waals surface area contributed by atoms with Crippen LogP contribution < -0.4 is 11.1 Å². The van der Waals surface area contributed by atoms with E-state index in [-0.39, 0.29) is 16.3 Å². The fourth-order valence-electron chi connectivity index (χ4n) is 2.68. The number of hydrogen-bond donors (Lipinski definition) is 2. The lowest BCUT2D eigenvalue weighted by molar-refractivity contribution is 0.816. The minimum Gasteiger partial charge on any atom is -0.321 e. The number of nitrogens with one attached hydrogen (secondary N) is 2. The predicted octanol–water partition coefficient (Wildman–Crippen LogP) is 3.48. The first kappa shape index (κ1) is 16.6. The Morgan fingerprint density at radius 1 is 1.00 bits per heavy atom. The van der Waals surface area contributed by atoms with Gasteiger partial charge in [0.1, 0.15) is 6.20 Å². The normalized spacial score (nSPS) is 11.0. The van der Waals surface area contributed by atoms with Crippen LogP contribution in [0.2, 0.25) is 5.02 Å². The zero-order valence-corrected chi connectivity index (χ0v) is 14.8. The smallest absolute Gasteiger partial charge is 0.270 e. The average molecular weight is 383 g/mol. The van der Waals surface area contributed by atoms with Gasteiger partial charge in [-0.25, -0.2) is 0 Å². The number of nitrogens with zero attached hydrogens (tertiary/aromatic N) is 2. The van der Waals surface area contributed by atoms with Gasteiger partial charge in [0.25, 0.3) is 11.1 Å². The van der Waals surface area contributed by atoms with Crippen molar-refractivity contribution >= 4 is 34.3 Å². The molecule has 2 N–H and O–H groups in total. The van der Waals surface area contributed by atoms with Gasteiger partial charge in [-0.1, -0.05) is 41.9 Å². The Bertz CT molecular complexity index is 1220. The summed E-state index contributed by atoms with van der Waals surface area (Å²) in [5.41, 5.74) is 1.59. The maximum absolute atomic E-state index is 12.8. The molecular formula is C18H11ClN4O2S. The molecule has 0 spiro atoms. The zero-order valence-electron chi connectivity index (χ0n) is 13.2. The van der Waals surface area contributed by atoms with E-state index < -0.39 is 0 Å². The fourth-order valence-corrected chi connectivity index (χ4v) is 3.75. The van der Waals surface area contributed by atoms with Gasteiger partial charge < -0.3 is 4.98 Å². The van der Waals surface area contributed by atoms with E-state index in [1.54, 1.807) is 18.2 Å². The van der Waals surface area contributed by atoms with Crippen LogP contribution in [0.3, 0.4) is 0 Å². The first-order valence-corrected chi connectivity index (χ1v) is 8.82. The number of aromatic amines is 2. The fraction of sp³-hybridized carbons (Fsp3) is 0. The molecule has 6 nitrogen and oxygen atoms in total. The molecule has 0 aliphatic carbocycles. The Morgan fingerprint density at radius 3 is 2.58 bits per heavy atom. The van der Waals surface area contributed by atoms with Crippen LogP contribution in [0.15, 0.2) is 74.4 Å². The number of hydrogen-bond acceptors (Lipinski definition) is 5. The second kappa shape index (κ2) is 6.78. The summed E-state index contributed by atoms with van der Waals surface area (Å²) in [6, 6.07) is 14.8. The second-order valence-corrected chi connectivity index (χ2v) is 6.89. The van der Waals surface area contributed by atoms with Gasteiger partial charge in [-0.2, -0.15) is 5.10 Å². The molecule has 0 saturated heterocycles. The minimum atomic E-state index is -0.385. The van der Waals surface area contributed by atoms with Crippen molar-refractivity contribution in [2.45, 2.75) is 10.1 Å². The van der Waals surface area contributed by atoms with Gasteiger partial charge in [-0.3, -0.25) is 14.6 Å². The van der Waals surface area contributed by atoms with E-state index in [4.69, 9.17) is 11.6 Å². The molecule has 0 unspecified atom stereocenters. The van der Waals surface area contributed by atoms with Gasteiger partial charge in [-0.05, 0) is 35.5 Å². The van der Waals surface area contributed by atoms with Crippen molar-refractivity contribution in [3.05, 3.63) is 80.5 Å². The highest BCUT2D eigenvalue weighted by Crippen LogP contribution is 2.37. The van der Waals surface area contributed by atoms with Crippen LogP contribution in [0.25, 0.3) is 22.0 Å². The molecule has 128 valence electrons. The Morgan fingerprint density at radius 2 is 1.81 bits per heavy atom. The van der Waals surface area contributed by atoms with Crippen LogP contribution in [0.4, 0.5) is 0 Å². The zero-order chi connectivity index (χ0) is 18.1. The molecule has 4 rings (SSSR count). The maximum atomic E-state index is 12.8. The molecular weight excluding hydrogens is 372 g/mol. The molecule has 26 heavy (non-hydrogen) atoms. The van der Waals surface area contributed by atoms with Gasteiger partial charge >= 0.3 is 0 Å². The minimum absolute atomic E-state index is 0.238. The Balaban J connectivity index is 2.03. The Kier molecular flexibility index (Phi) is 4.32. The molecule has 2 aromatic heterocycles. The van der Waals surface area contributed by atoms with Crippen molar-refractivity contribution < 1.29 is 0 Å². The van der Waals surface area contributed by atoms with Gasteiger partial charge in [0.05, 0.1) is 4.90 Å². The molecule has 0 atom stereocenters. The molecule has 0 bridgehead atoms. The monoisotopic (exact) mass is 382 g/mol. The van der Waals surface area contributed by atoms with Crippen molar-refractivity contribution in [3.8, 4) is 11.1 Å². The number of pyridine rings is 1. The van der Waals surface area contributed by atoms with Crippen LogP contribution in [0, 0.1) is 0 Å². The third-order valence-corrected chi connectivity index (χ3v) is 4.95. The van der Waals surface area contributed by atoms with Crippen LogP contribution >= 0.6 is 23.4 Å². The quantitative estimate of drug-likeness (QED) is 0.566. The third-order valence-electron chi connectivity index (χ3n) is 3.75. The number of aromatic nitrogens is 4. The summed E-state index contributed by atoms with van der Waals surface area (Å²) in [6.07, 6.45) is 1.08. The average Bonchev–Trinajstić information content (AvgIpc) is 2.63. The molecule has 0 amide bonds. The summed E-state index contributed by atoms with van der Waals surface area (Å²) in [7, 11) is 0. The maximum Gasteiger partial charge on any atom is 0.270 e. The van der Waals surface area contributed by atoms with Crippen LogP contribution in [-0.4, -0.2) is 20.2 Å². The van der Waals surface area contributed by atoms with Crippen LogP contribution in [0.1, 0.15) is 0 Å². The Labute approximate surface area is 156 Å². The lowest BCUT2D eigenvalue weighted by atomic mass is 10.0. The van der Waals surface area contributed by atoms with Crippen molar-refractivity contribution in [3.63, 3.8) is 0 Å². The molecule has 0 saturated carbocycles. The highest BCUT2D eigenvalue weighted by Gasteiger charge is 2.17. The van der Waals surface area contributed by atoms with E-state index >= 15 is 0 Å². The predicted molar refractivity (Wildman–Crippen MR) is 102 cm³/mol. The summed E-state index contributed by atoms with van der Waals surface area (Å²) in [5, 5.41) is 9.13. The third kappa shape index (κ3) is 3.14. The van der Waals surface area contributed by atoms with Gasteiger partial charge in [0.2, 0.25) is 0 Å². The number of benzene rings is 2. The molecule has 0 radical (unpaired) electrons. The topological polar surface area (TPSA) is 91.5 Å². The molecule has 0 aliphatic rings. The highest BCUT2D eigenvalue weighted by molar-refractivity contribution is 7.99. The molecule has 2 aromatic carbocycles. The number of halogens is 1. The first-order valence-electron chi connectivity index (χ1n) is 7.62. The van der Waals surface area contributed by atoms with E-state index in [9.17, 15) is 9.59 Å². The Hall–Kier alpha value is -2.90. The van der Waals surface area contributed by atoms with E-state index in [2.05, 4.69) is 20.2 Å². The van der Waals surface area contributed by atoms with E-state index in [0.29, 0.717) is 15.4 Å². The second-order valence-electron chi connectivity index (χ2n) is 5.46. The van der Waals surface area contributed by atoms with E-state index in [1.165, 1.54) is 0 Å². The van der Waals surface area contributed by atoms with Gasteiger partial charge in [0, 0.05) is 21.5 Å². The van der Waals surface area contributed by atoms with E-state index in [0.717, 1.165) is 34.5 Å².